The van der Waals surface area contributed by atoms with Crippen molar-refractivity contribution in [1.29, 1.82) is 0 Å². The summed E-state index contributed by atoms with van der Waals surface area (Å²) < 4.78 is 0. The van der Waals surface area contributed by atoms with Crippen LogP contribution in [0.2, 0.25) is 10.0 Å². The summed E-state index contributed by atoms with van der Waals surface area (Å²) in [4.78, 5) is 21.9. The molecule has 0 radical (unpaired) electrons. The zero-order valence-electron chi connectivity index (χ0n) is 9.48. The molecule has 18 heavy (non-hydrogen) atoms. The molecule has 96 valence electrons. The lowest BCUT2D eigenvalue weighted by molar-refractivity contribution is -0.140. The van der Waals surface area contributed by atoms with E-state index in [-0.39, 0.29) is 0 Å². The Labute approximate surface area is 114 Å². The van der Waals surface area contributed by atoms with E-state index in [1.54, 1.807) is 18.2 Å². The first-order valence-electron chi connectivity index (χ1n) is 5.07. The van der Waals surface area contributed by atoms with Gasteiger partial charge < -0.3 is 10.4 Å². The molecule has 1 aromatic rings. The number of carbonyl (C=O) groups is 2. The maximum absolute atomic E-state index is 11.4. The molecular weight excluding hydrogens is 277 g/mol. The molecule has 0 fully saturated rings. The number of benzene rings is 1. The maximum Gasteiger partial charge on any atom is 0.325 e. The van der Waals surface area contributed by atoms with Gasteiger partial charge in [0.05, 0.1) is 10.0 Å². The Morgan fingerprint density at radius 3 is 2.67 bits per heavy atom. The number of carbonyl (C=O) groups excluding carboxylic acids is 1. The molecule has 0 bridgehead atoms. The van der Waals surface area contributed by atoms with Gasteiger partial charge in [0.15, 0.2) is 0 Å². The average Bonchev–Trinajstić information content (AvgIpc) is 2.31. The predicted octanol–water partition coefficient (Wildman–Crippen LogP) is 2.60. The number of aliphatic carboxylic acids is 1. The van der Waals surface area contributed by atoms with Crippen LogP contribution in [0, 0.1) is 0 Å². The van der Waals surface area contributed by atoms with Crippen LogP contribution in [0.5, 0.6) is 0 Å². The SMILES string of the molecule is C[C@@H](NC(=O)/C=C/c1cccc(Cl)c1Cl)C(=O)O. The van der Waals surface area contributed by atoms with Crippen molar-refractivity contribution in [2.24, 2.45) is 0 Å². The number of hydrogen-bond donors (Lipinski definition) is 2. The highest BCUT2D eigenvalue weighted by Crippen LogP contribution is 2.26. The monoisotopic (exact) mass is 287 g/mol. The third-order valence-corrected chi connectivity index (χ3v) is 2.96. The molecule has 0 heterocycles. The lowest BCUT2D eigenvalue weighted by Gasteiger charge is -2.06. The van der Waals surface area contributed by atoms with Gasteiger partial charge in [-0.25, -0.2) is 0 Å². The van der Waals surface area contributed by atoms with Crippen molar-refractivity contribution < 1.29 is 14.7 Å². The third-order valence-electron chi connectivity index (χ3n) is 2.12. The molecule has 0 spiro atoms. The number of carboxylic acids is 1. The second-order valence-electron chi connectivity index (χ2n) is 3.54. The molecular formula is C12H11Cl2NO3. The summed E-state index contributed by atoms with van der Waals surface area (Å²) in [5.41, 5.74) is 0.585. The van der Waals surface area contributed by atoms with Gasteiger partial charge in [0.2, 0.25) is 5.91 Å². The van der Waals surface area contributed by atoms with Gasteiger partial charge in [-0.2, -0.15) is 0 Å². The van der Waals surface area contributed by atoms with E-state index in [0.717, 1.165) is 0 Å². The van der Waals surface area contributed by atoms with Crippen LogP contribution in [0.25, 0.3) is 6.08 Å². The number of carboxylic acid groups (broad SMARTS) is 1. The normalized spacial score (nSPS) is 12.4. The number of nitrogens with one attached hydrogen (secondary N) is 1. The molecule has 0 aliphatic carbocycles. The van der Waals surface area contributed by atoms with E-state index >= 15 is 0 Å². The lowest BCUT2D eigenvalue weighted by atomic mass is 10.2. The van der Waals surface area contributed by atoms with Crippen molar-refractivity contribution in [3.05, 3.63) is 39.9 Å². The van der Waals surface area contributed by atoms with E-state index in [9.17, 15) is 9.59 Å². The highest BCUT2D eigenvalue weighted by atomic mass is 35.5. The zero-order chi connectivity index (χ0) is 13.7. The standard InChI is InChI=1S/C12H11Cl2NO3/c1-7(12(17)18)15-10(16)6-5-8-3-2-4-9(13)11(8)14/h2-7H,1H3,(H,15,16)(H,17,18)/b6-5+/t7-/m1/s1. The van der Waals surface area contributed by atoms with Crippen LogP contribution < -0.4 is 5.32 Å². The number of hydrogen-bond acceptors (Lipinski definition) is 2. The van der Waals surface area contributed by atoms with Crippen LogP contribution in [0.15, 0.2) is 24.3 Å². The predicted molar refractivity (Wildman–Crippen MR) is 70.7 cm³/mol. The van der Waals surface area contributed by atoms with Gasteiger partial charge in [0, 0.05) is 6.08 Å². The molecule has 1 aromatic carbocycles. The minimum Gasteiger partial charge on any atom is -0.480 e. The van der Waals surface area contributed by atoms with Crippen molar-refractivity contribution in [3.63, 3.8) is 0 Å². The molecule has 0 aromatic heterocycles. The van der Waals surface area contributed by atoms with Gasteiger partial charge in [-0.05, 0) is 24.6 Å². The first-order chi connectivity index (χ1) is 8.41. The van der Waals surface area contributed by atoms with E-state index in [1.807, 2.05) is 0 Å². The Bertz CT molecular complexity index is 500. The highest BCUT2D eigenvalue weighted by molar-refractivity contribution is 6.42. The molecule has 0 saturated carbocycles. The van der Waals surface area contributed by atoms with Gasteiger partial charge in [0.25, 0.3) is 0 Å². The van der Waals surface area contributed by atoms with Crippen LogP contribution in [-0.4, -0.2) is 23.0 Å². The molecule has 0 unspecified atom stereocenters. The summed E-state index contributed by atoms with van der Waals surface area (Å²) in [6.45, 7) is 1.38. The second-order valence-corrected chi connectivity index (χ2v) is 4.33. The van der Waals surface area contributed by atoms with Crippen LogP contribution in [0.4, 0.5) is 0 Å². The lowest BCUT2D eigenvalue weighted by Crippen LogP contribution is -2.37. The van der Waals surface area contributed by atoms with E-state index in [0.29, 0.717) is 15.6 Å². The molecule has 0 saturated heterocycles. The van der Waals surface area contributed by atoms with Gasteiger partial charge in [0.1, 0.15) is 6.04 Å². The molecule has 6 heteroatoms. The Kier molecular flexibility index (Phi) is 5.19. The Balaban J connectivity index is 2.72. The van der Waals surface area contributed by atoms with Crippen LogP contribution in [-0.2, 0) is 9.59 Å². The smallest absolute Gasteiger partial charge is 0.325 e. The fourth-order valence-electron chi connectivity index (χ4n) is 1.14. The van der Waals surface area contributed by atoms with Crippen molar-refractivity contribution in [2.75, 3.05) is 0 Å². The number of halogens is 2. The molecule has 4 nitrogen and oxygen atoms in total. The van der Waals surface area contributed by atoms with Crippen LogP contribution >= 0.6 is 23.2 Å². The maximum atomic E-state index is 11.4. The molecule has 1 rings (SSSR count). The Hall–Kier alpha value is -1.52. The minimum absolute atomic E-state index is 0.342. The highest BCUT2D eigenvalue weighted by Gasteiger charge is 2.11. The summed E-state index contributed by atoms with van der Waals surface area (Å²) in [5, 5.41) is 11.6. The van der Waals surface area contributed by atoms with Gasteiger partial charge in [-0.15, -0.1) is 0 Å². The zero-order valence-corrected chi connectivity index (χ0v) is 11.0. The van der Waals surface area contributed by atoms with Gasteiger partial charge in [-0.1, -0.05) is 35.3 Å². The van der Waals surface area contributed by atoms with Crippen molar-refractivity contribution in [3.8, 4) is 0 Å². The number of rotatable bonds is 4. The minimum atomic E-state index is -1.10. The van der Waals surface area contributed by atoms with Crippen molar-refractivity contribution in [2.45, 2.75) is 13.0 Å². The van der Waals surface area contributed by atoms with E-state index < -0.39 is 17.9 Å². The molecule has 1 amide bonds. The average molecular weight is 288 g/mol. The van der Waals surface area contributed by atoms with Crippen LogP contribution in [0.3, 0.4) is 0 Å². The first-order valence-corrected chi connectivity index (χ1v) is 5.83. The quantitative estimate of drug-likeness (QED) is 0.837. The van der Waals surface area contributed by atoms with E-state index in [4.69, 9.17) is 28.3 Å². The molecule has 0 aliphatic heterocycles. The first kappa shape index (κ1) is 14.5. The molecule has 2 N–H and O–H groups in total. The second kappa shape index (κ2) is 6.42. The summed E-state index contributed by atoms with van der Waals surface area (Å²) >= 11 is 11.7. The molecule has 1 atom stereocenters. The summed E-state index contributed by atoms with van der Waals surface area (Å²) in [6.07, 6.45) is 2.68. The van der Waals surface area contributed by atoms with E-state index in [2.05, 4.69) is 5.32 Å². The Morgan fingerprint density at radius 1 is 1.39 bits per heavy atom. The number of amides is 1. The molecule has 0 aliphatic rings. The van der Waals surface area contributed by atoms with Crippen molar-refractivity contribution >= 4 is 41.2 Å². The van der Waals surface area contributed by atoms with Crippen LogP contribution in [0.1, 0.15) is 12.5 Å². The summed E-state index contributed by atoms with van der Waals surface area (Å²) in [7, 11) is 0. The van der Waals surface area contributed by atoms with E-state index in [1.165, 1.54) is 19.1 Å². The fourth-order valence-corrected chi connectivity index (χ4v) is 1.51. The largest absolute Gasteiger partial charge is 0.480 e. The topological polar surface area (TPSA) is 66.4 Å². The van der Waals surface area contributed by atoms with Gasteiger partial charge >= 0.3 is 5.97 Å². The van der Waals surface area contributed by atoms with Gasteiger partial charge in [-0.3, -0.25) is 9.59 Å². The summed E-state index contributed by atoms with van der Waals surface area (Å²) in [6, 6.07) is 4.08. The Morgan fingerprint density at radius 2 is 2.06 bits per heavy atom. The fraction of sp³-hybridized carbons (Fsp3) is 0.167. The third kappa shape index (κ3) is 4.05. The van der Waals surface area contributed by atoms with Crippen molar-refractivity contribution in [1.82, 2.24) is 5.32 Å². The summed E-state index contributed by atoms with van der Waals surface area (Å²) in [5.74, 6) is -1.61.